The Bertz CT molecular complexity index is 289. The number of rotatable bonds is 5. The molecule has 1 aromatic rings. The van der Waals surface area contributed by atoms with Crippen LogP contribution < -0.4 is 5.32 Å². The van der Waals surface area contributed by atoms with Crippen LogP contribution in [0.5, 0.6) is 0 Å². The smallest absolute Gasteiger partial charge is 0.00143 e. The van der Waals surface area contributed by atoms with Crippen LogP contribution in [-0.4, -0.2) is 13.1 Å². The zero-order valence-corrected chi connectivity index (χ0v) is 9.09. The average Bonchev–Trinajstić information content (AvgIpc) is 2.18. The number of aryl methyl sites for hydroxylation is 1. The van der Waals surface area contributed by atoms with E-state index in [1.54, 1.807) is 0 Å². The van der Waals surface area contributed by atoms with Crippen molar-refractivity contribution in [1.29, 1.82) is 0 Å². The fourth-order valence-corrected chi connectivity index (χ4v) is 1.36. The highest BCUT2D eigenvalue weighted by molar-refractivity contribution is 5.49. The van der Waals surface area contributed by atoms with Crippen LogP contribution in [0, 0.1) is 6.92 Å². The van der Waals surface area contributed by atoms with Gasteiger partial charge in [-0.05, 0) is 32.0 Å². The summed E-state index contributed by atoms with van der Waals surface area (Å²) in [6, 6.07) is 8.55. The van der Waals surface area contributed by atoms with Crippen molar-refractivity contribution in [2.24, 2.45) is 0 Å². The molecule has 14 heavy (non-hydrogen) atoms. The standard InChI is InChI=1S/C13H19N/c1-3-14-10-5-4-8-13-9-6-7-12(2)11-13/h4,6-9,11,14H,3,5,10H2,1-2H3. The summed E-state index contributed by atoms with van der Waals surface area (Å²) in [6.45, 7) is 6.37. The van der Waals surface area contributed by atoms with Gasteiger partial charge in [0, 0.05) is 0 Å². The Morgan fingerprint density at radius 2 is 2.21 bits per heavy atom. The first kappa shape index (κ1) is 11.0. The van der Waals surface area contributed by atoms with Crippen molar-refractivity contribution >= 4 is 6.08 Å². The summed E-state index contributed by atoms with van der Waals surface area (Å²) in [6.07, 6.45) is 5.50. The first-order chi connectivity index (χ1) is 6.83. The monoisotopic (exact) mass is 189 g/mol. The second kappa shape index (κ2) is 6.39. The summed E-state index contributed by atoms with van der Waals surface area (Å²) >= 11 is 0. The van der Waals surface area contributed by atoms with Gasteiger partial charge in [0.05, 0.1) is 0 Å². The van der Waals surface area contributed by atoms with Crippen LogP contribution in [0.3, 0.4) is 0 Å². The van der Waals surface area contributed by atoms with Gasteiger partial charge >= 0.3 is 0 Å². The van der Waals surface area contributed by atoms with Crippen LogP contribution in [0.1, 0.15) is 24.5 Å². The van der Waals surface area contributed by atoms with Crippen LogP contribution in [-0.2, 0) is 0 Å². The van der Waals surface area contributed by atoms with E-state index in [-0.39, 0.29) is 0 Å². The normalized spacial score (nSPS) is 11.0. The molecule has 0 radical (unpaired) electrons. The molecule has 0 atom stereocenters. The molecule has 0 aliphatic rings. The molecule has 76 valence electrons. The van der Waals surface area contributed by atoms with Gasteiger partial charge in [0.15, 0.2) is 0 Å². The fourth-order valence-electron chi connectivity index (χ4n) is 1.36. The third-order valence-corrected chi connectivity index (χ3v) is 2.09. The van der Waals surface area contributed by atoms with E-state index in [4.69, 9.17) is 0 Å². The van der Waals surface area contributed by atoms with Crippen LogP contribution in [0.25, 0.3) is 6.08 Å². The molecule has 1 N–H and O–H groups in total. The molecule has 0 unspecified atom stereocenters. The van der Waals surface area contributed by atoms with E-state index in [2.05, 4.69) is 55.6 Å². The number of hydrogen-bond acceptors (Lipinski definition) is 1. The quantitative estimate of drug-likeness (QED) is 0.702. The Labute approximate surface area is 86.8 Å². The fraction of sp³-hybridized carbons (Fsp3) is 0.385. The molecule has 0 heterocycles. The van der Waals surface area contributed by atoms with Crippen molar-refractivity contribution in [2.45, 2.75) is 20.3 Å². The highest BCUT2D eigenvalue weighted by Crippen LogP contribution is 2.05. The zero-order valence-electron chi connectivity index (χ0n) is 9.09. The van der Waals surface area contributed by atoms with E-state index < -0.39 is 0 Å². The summed E-state index contributed by atoms with van der Waals surface area (Å²) < 4.78 is 0. The van der Waals surface area contributed by atoms with Gasteiger partial charge in [-0.15, -0.1) is 0 Å². The van der Waals surface area contributed by atoms with Crippen molar-refractivity contribution in [2.75, 3.05) is 13.1 Å². The molecule has 1 heteroatoms. The van der Waals surface area contributed by atoms with Gasteiger partial charge in [0.2, 0.25) is 0 Å². The molecule has 1 aromatic carbocycles. The van der Waals surface area contributed by atoms with Crippen LogP contribution >= 0.6 is 0 Å². The van der Waals surface area contributed by atoms with E-state index >= 15 is 0 Å². The van der Waals surface area contributed by atoms with Gasteiger partial charge in [-0.2, -0.15) is 0 Å². The largest absolute Gasteiger partial charge is 0.317 e. The Morgan fingerprint density at radius 3 is 2.93 bits per heavy atom. The SMILES string of the molecule is CCNCCC=Cc1cccc(C)c1. The molecule has 1 nitrogen and oxygen atoms in total. The second-order valence-corrected chi connectivity index (χ2v) is 3.46. The van der Waals surface area contributed by atoms with E-state index in [1.807, 2.05) is 0 Å². The Morgan fingerprint density at radius 1 is 1.36 bits per heavy atom. The third-order valence-electron chi connectivity index (χ3n) is 2.09. The first-order valence-corrected chi connectivity index (χ1v) is 5.27. The molecule has 0 aliphatic heterocycles. The van der Waals surface area contributed by atoms with E-state index in [1.165, 1.54) is 11.1 Å². The molecule has 0 aliphatic carbocycles. The van der Waals surface area contributed by atoms with Gasteiger partial charge in [0.1, 0.15) is 0 Å². The minimum Gasteiger partial charge on any atom is -0.317 e. The van der Waals surface area contributed by atoms with Crippen molar-refractivity contribution in [3.63, 3.8) is 0 Å². The van der Waals surface area contributed by atoms with Crippen molar-refractivity contribution in [1.82, 2.24) is 5.32 Å². The van der Waals surface area contributed by atoms with Crippen molar-refractivity contribution in [3.05, 3.63) is 41.5 Å². The van der Waals surface area contributed by atoms with Crippen LogP contribution in [0.15, 0.2) is 30.3 Å². The summed E-state index contributed by atoms with van der Waals surface area (Å²) in [5, 5.41) is 3.29. The average molecular weight is 189 g/mol. The van der Waals surface area contributed by atoms with Gasteiger partial charge < -0.3 is 5.32 Å². The molecule has 0 saturated carbocycles. The molecule has 1 rings (SSSR count). The van der Waals surface area contributed by atoms with Gasteiger partial charge in [-0.1, -0.05) is 48.9 Å². The first-order valence-electron chi connectivity index (χ1n) is 5.27. The highest BCUT2D eigenvalue weighted by atomic mass is 14.8. The number of hydrogen-bond donors (Lipinski definition) is 1. The summed E-state index contributed by atoms with van der Waals surface area (Å²) in [5.74, 6) is 0. The van der Waals surface area contributed by atoms with E-state index in [0.717, 1.165) is 19.5 Å². The predicted molar refractivity (Wildman–Crippen MR) is 63.4 cm³/mol. The maximum atomic E-state index is 3.29. The summed E-state index contributed by atoms with van der Waals surface area (Å²) in [7, 11) is 0. The van der Waals surface area contributed by atoms with Crippen LogP contribution in [0.4, 0.5) is 0 Å². The molecule has 0 spiro atoms. The molecule has 0 amide bonds. The zero-order chi connectivity index (χ0) is 10.2. The molecular weight excluding hydrogens is 170 g/mol. The molecule has 0 fully saturated rings. The lowest BCUT2D eigenvalue weighted by molar-refractivity contribution is 0.727. The Kier molecular flexibility index (Phi) is 5.02. The van der Waals surface area contributed by atoms with Crippen molar-refractivity contribution < 1.29 is 0 Å². The lowest BCUT2D eigenvalue weighted by Gasteiger charge is -1.97. The van der Waals surface area contributed by atoms with Crippen molar-refractivity contribution in [3.8, 4) is 0 Å². The number of benzene rings is 1. The molecule has 0 saturated heterocycles. The lowest BCUT2D eigenvalue weighted by Crippen LogP contribution is -2.12. The van der Waals surface area contributed by atoms with E-state index in [9.17, 15) is 0 Å². The maximum absolute atomic E-state index is 3.29. The molecule has 0 aromatic heterocycles. The van der Waals surface area contributed by atoms with Gasteiger partial charge in [-0.25, -0.2) is 0 Å². The molecular formula is C13H19N. The molecule has 0 bridgehead atoms. The maximum Gasteiger partial charge on any atom is -0.00143 e. The minimum absolute atomic E-state index is 1.05. The van der Waals surface area contributed by atoms with Gasteiger partial charge in [0.25, 0.3) is 0 Å². The predicted octanol–water partition coefficient (Wildman–Crippen LogP) is 3.01. The third kappa shape index (κ3) is 4.24. The number of nitrogens with one attached hydrogen (secondary N) is 1. The Balaban J connectivity index is 2.36. The van der Waals surface area contributed by atoms with Crippen LogP contribution in [0.2, 0.25) is 0 Å². The Hall–Kier alpha value is -1.08. The topological polar surface area (TPSA) is 12.0 Å². The lowest BCUT2D eigenvalue weighted by atomic mass is 10.1. The summed E-state index contributed by atoms with van der Waals surface area (Å²) in [5.41, 5.74) is 2.61. The summed E-state index contributed by atoms with van der Waals surface area (Å²) in [4.78, 5) is 0. The second-order valence-electron chi connectivity index (χ2n) is 3.46. The van der Waals surface area contributed by atoms with E-state index in [0.29, 0.717) is 0 Å². The highest BCUT2D eigenvalue weighted by Gasteiger charge is 1.86. The van der Waals surface area contributed by atoms with Gasteiger partial charge in [-0.3, -0.25) is 0 Å². The minimum atomic E-state index is 1.05.